The number of para-hydroxylation sites is 1. The van der Waals surface area contributed by atoms with Crippen molar-refractivity contribution >= 4 is 34.0 Å². The summed E-state index contributed by atoms with van der Waals surface area (Å²) >= 11 is 1.30. The van der Waals surface area contributed by atoms with E-state index in [0.717, 1.165) is 11.3 Å². The summed E-state index contributed by atoms with van der Waals surface area (Å²) in [6.07, 6.45) is 0. The number of hydrogen-bond donors (Lipinski definition) is 0. The summed E-state index contributed by atoms with van der Waals surface area (Å²) in [4.78, 5) is 30.9. The molecule has 0 fully saturated rings. The number of hydrogen-bond acceptors (Lipinski definition) is 7. The van der Waals surface area contributed by atoms with Crippen LogP contribution in [0, 0.1) is 6.92 Å². The van der Waals surface area contributed by atoms with Gasteiger partial charge >= 0.3 is 5.97 Å². The molecule has 0 atom stereocenters. The van der Waals surface area contributed by atoms with Crippen LogP contribution >= 0.6 is 11.3 Å². The second-order valence-electron chi connectivity index (χ2n) is 6.72. The number of nitrogens with zero attached hydrogens (tertiary/aromatic N) is 3. The zero-order valence-electron chi connectivity index (χ0n) is 16.9. The zero-order valence-corrected chi connectivity index (χ0v) is 17.8. The maximum atomic E-state index is 12.8. The average molecular weight is 433 g/mol. The Morgan fingerprint density at radius 3 is 2.42 bits per heavy atom. The van der Waals surface area contributed by atoms with Gasteiger partial charge in [0.1, 0.15) is 23.6 Å². The van der Waals surface area contributed by atoms with Crippen molar-refractivity contribution < 1.29 is 18.8 Å². The molecule has 0 saturated carbocycles. The topological polar surface area (TPSA) is 85.5 Å². The highest BCUT2D eigenvalue weighted by atomic mass is 32.1. The highest BCUT2D eigenvalue weighted by Crippen LogP contribution is 2.30. The van der Waals surface area contributed by atoms with E-state index in [1.165, 1.54) is 23.2 Å². The highest BCUT2D eigenvalue weighted by molar-refractivity contribution is 7.14. The first kappa shape index (κ1) is 20.5. The molecule has 0 aliphatic carbocycles. The molecule has 4 rings (SSSR count). The maximum absolute atomic E-state index is 12.8. The van der Waals surface area contributed by atoms with Crippen molar-refractivity contribution in [2.24, 2.45) is 0 Å². The number of thiazole rings is 1. The number of anilines is 2. The van der Waals surface area contributed by atoms with Gasteiger partial charge in [-0.25, -0.2) is 9.78 Å². The predicted molar refractivity (Wildman–Crippen MR) is 117 cm³/mol. The molecule has 31 heavy (non-hydrogen) atoms. The lowest BCUT2D eigenvalue weighted by molar-refractivity contribution is -0.115. The number of carbonyl (C=O) groups is 2. The van der Waals surface area contributed by atoms with Crippen LogP contribution in [0.4, 0.5) is 10.8 Å². The standard InChI is InChI=1S/C23H19N3O4S/c1-15-20(21(25-30-15)17-9-5-3-6-10-17)22(28)29-13-18-14-31-23(24-18)26(16(2)27)19-11-7-4-8-12-19/h3-12,14H,13H2,1-2H3. The van der Waals surface area contributed by atoms with Gasteiger partial charge in [0.05, 0.1) is 11.4 Å². The largest absolute Gasteiger partial charge is 0.455 e. The molecule has 156 valence electrons. The van der Waals surface area contributed by atoms with Crippen molar-refractivity contribution in [2.75, 3.05) is 4.90 Å². The molecule has 0 aliphatic rings. The minimum atomic E-state index is -0.543. The first-order valence-corrected chi connectivity index (χ1v) is 10.4. The number of ether oxygens (including phenoxy) is 1. The summed E-state index contributed by atoms with van der Waals surface area (Å²) in [7, 11) is 0. The average Bonchev–Trinajstić information content (AvgIpc) is 3.40. The maximum Gasteiger partial charge on any atom is 0.344 e. The summed E-state index contributed by atoms with van der Waals surface area (Å²) in [6, 6.07) is 18.6. The van der Waals surface area contributed by atoms with Gasteiger partial charge in [0.15, 0.2) is 5.13 Å². The molecule has 0 bridgehead atoms. The summed E-state index contributed by atoms with van der Waals surface area (Å²) in [5, 5.41) is 6.28. The fourth-order valence-electron chi connectivity index (χ4n) is 3.09. The Kier molecular flexibility index (Phi) is 5.90. The van der Waals surface area contributed by atoms with Gasteiger partial charge in [-0.3, -0.25) is 9.69 Å². The molecule has 0 radical (unpaired) electrons. The van der Waals surface area contributed by atoms with Gasteiger partial charge in [-0.2, -0.15) is 0 Å². The lowest BCUT2D eigenvalue weighted by Gasteiger charge is -2.17. The molecule has 8 heteroatoms. The van der Waals surface area contributed by atoms with Gasteiger partial charge in [0.25, 0.3) is 0 Å². The summed E-state index contributed by atoms with van der Waals surface area (Å²) in [6.45, 7) is 3.12. The van der Waals surface area contributed by atoms with Crippen molar-refractivity contribution in [1.29, 1.82) is 0 Å². The molecular weight excluding hydrogens is 414 g/mol. The van der Waals surface area contributed by atoms with Crippen LogP contribution < -0.4 is 4.90 Å². The van der Waals surface area contributed by atoms with Crippen LogP contribution in [0.2, 0.25) is 0 Å². The van der Waals surface area contributed by atoms with Crippen LogP contribution in [0.1, 0.15) is 28.7 Å². The number of esters is 1. The van der Waals surface area contributed by atoms with Crippen molar-refractivity contribution in [3.63, 3.8) is 0 Å². The van der Waals surface area contributed by atoms with Crippen LogP contribution in [0.15, 0.2) is 70.6 Å². The number of aromatic nitrogens is 2. The lowest BCUT2D eigenvalue weighted by atomic mass is 10.1. The van der Waals surface area contributed by atoms with Crippen molar-refractivity contribution in [1.82, 2.24) is 10.1 Å². The van der Waals surface area contributed by atoms with E-state index < -0.39 is 5.97 Å². The van der Waals surface area contributed by atoms with Gasteiger partial charge in [-0.1, -0.05) is 53.7 Å². The van der Waals surface area contributed by atoms with E-state index in [1.54, 1.807) is 12.3 Å². The monoisotopic (exact) mass is 433 g/mol. The van der Waals surface area contributed by atoms with E-state index in [1.807, 2.05) is 60.7 Å². The molecular formula is C23H19N3O4S. The van der Waals surface area contributed by atoms with Crippen LogP contribution in [-0.2, 0) is 16.1 Å². The number of aryl methyl sites for hydroxylation is 1. The molecule has 0 N–H and O–H groups in total. The minimum Gasteiger partial charge on any atom is -0.455 e. The van der Waals surface area contributed by atoms with Gasteiger partial charge < -0.3 is 9.26 Å². The second kappa shape index (κ2) is 8.93. The van der Waals surface area contributed by atoms with Gasteiger partial charge in [-0.15, -0.1) is 11.3 Å². The van der Waals surface area contributed by atoms with Crippen LogP contribution in [0.5, 0.6) is 0 Å². The lowest BCUT2D eigenvalue weighted by Crippen LogP contribution is -2.22. The Morgan fingerprint density at radius 2 is 1.74 bits per heavy atom. The van der Waals surface area contributed by atoms with Crippen molar-refractivity contribution in [3.05, 3.63) is 83.1 Å². The third-order valence-corrected chi connectivity index (χ3v) is 5.40. The van der Waals surface area contributed by atoms with Crippen LogP contribution in [0.25, 0.3) is 11.3 Å². The molecule has 0 spiro atoms. The molecule has 7 nitrogen and oxygen atoms in total. The number of amides is 1. The summed E-state index contributed by atoms with van der Waals surface area (Å²) in [5.41, 5.74) is 2.76. The molecule has 0 saturated heterocycles. The van der Waals surface area contributed by atoms with E-state index in [0.29, 0.717) is 22.3 Å². The third kappa shape index (κ3) is 4.39. The fourth-order valence-corrected chi connectivity index (χ4v) is 3.96. The van der Waals surface area contributed by atoms with Gasteiger partial charge in [0, 0.05) is 17.9 Å². The fraction of sp³-hybridized carbons (Fsp3) is 0.130. The second-order valence-corrected chi connectivity index (χ2v) is 7.55. The van der Waals surface area contributed by atoms with E-state index in [2.05, 4.69) is 10.1 Å². The first-order valence-electron chi connectivity index (χ1n) is 9.53. The quantitative estimate of drug-likeness (QED) is 0.391. The first-order chi connectivity index (χ1) is 15.0. The van der Waals surface area contributed by atoms with Crippen molar-refractivity contribution in [2.45, 2.75) is 20.5 Å². The van der Waals surface area contributed by atoms with E-state index in [4.69, 9.17) is 9.26 Å². The molecule has 1 amide bonds. The predicted octanol–water partition coefficient (Wildman–Crippen LogP) is 5.15. The third-order valence-electron chi connectivity index (χ3n) is 4.53. The van der Waals surface area contributed by atoms with E-state index >= 15 is 0 Å². The Hall–Kier alpha value is -3.78. The van der Waals surface area contributed by atoms with Crippen LogP contribution in [0.3, 0.4) is 0 Å². The van der Waals surface area contributed by atoms with Gasteiger partial charge in [-0.05, 0) is 19.1 Å². The molecule has 2 heterocycles. The Bertz CT molecular complexity index is 1200. The number of carbonyl (C=O) groups excluding carboxylic acids is 2. The summed E-state index contributed by atoms with van der Waals surface area (Å²) in [5.74, 6) is -0.315. The molecule has 0 aliphatic heterocycles. The van der Waals surface area contributed by atoms with Gasteiger partial charge in [0.2, 0.25) is 5.91 Å². The Labute approximate surface area is 182 Å². The SMILES string of the molecule is CC(=O)N(c1ccccc1)c1nc(COC(=O)c2c(-c3ccccc3)noc2C)cs1. The Balaban J connectivity index is 1.50. The number of rotatable bonds is 6. The van der Waals surface area contributed by atoms with E-state index in [9.17, 15) is 9.59 Å². The summed E-state index contributed by atoms with van der Waals surface area (Å²) < 4.78 is 10.7. The minimum absolute atomic E-state index is 0.0330. The Morgan fingerprint density at radius 1 is 1.06 bits per heavy atom. The molecule has 4 aromatic rings. The van der Waals surface area contributed by atoms with Crippen LogP contribution in [-0.4, -0.2) is 22.0 Å². The smallest absolute Gasteiger partial charge is 0.344 e. The number of benzene rings is 2. The van der Waals surface area contributed by atoms with E-state index in [-0.39, 0.29) is 18.1 Å². The van der Waals surface area contributed by atoms with Crippen molar-refractivity contribution in [3.8, 4) is 11.3 Å². The molecule has 2 aromatic carbocycles. The highest BCUT2D eigenvalue weighted by Gasteiger charge is 2.24. The molecule has 0 unspecified atom stereocenters. The zero-order chi connectivity index (χ0) is 21.8. The molecule has 2 aromatic heterocycles. The normalized spacial score (nSPS) is 10.6.